The molecule has 112 valence electrons. The first-order valence-corrected chi connectivity index (χ1v) is 7.47. The third-order valence-electron chi connectivity index (χ3n) is 4.40. The maximum atomic E-state index is 5.24. The molecular weight excluding hydrogens is 264 g/mol. The van der Waals surface area contributed by atoms with E-state index < -0.39 is 0 Å². The minimum absolute atomic E-state index is 0.546. The molecule has 1 aromatic carbocycles. The second-order valence-corrected chi connectivity index (χ2v) is 5.97. The first-order chi connectivity index (χ1) is 10.1. The van der Waals surface area contributed by atoms with Crippen molar-refractivity contribution in [3.63, 3.8) is 0 Å². The molecule has 0 aliphatic carbocycles. The van der Waals surface area contributed by atoms with Crippen LogP contribution < -0.4 is 5.32 Å². The van der Waals surface area contributed by atoms with Crippen LogP contribution in [0.4, 0.5) is 5.69 Å². The molecule has 1 fully saturated rings. The van der Waals surface area contributed by atoms with Crippen LogP contribution in [0.5, 0.6) is 0 Å². The van der Waals surface area contributed by atoms with Gasteiger partial charge in [-0.2, -0.15) is 0 Å². The summed E-state index contributed by atoms with van der Waals surface area (Å²) < 4.78 is 5.24. The van der Waals surface area contributed by atoms with Crippen molar-refractivity contribution in [2.45, 2.75) is 38.8 Å². The average Bonchev–Trinajstić information content (AvgIpc) is 2.99. The van der Waals surface area contributed by atoms with Gasteiger partial charge in [0.15, 0.2) is 0 Å². The summed E-state index contributed by atoms with van der Waals surface area (Å²) in [6.45, 7) is 5.55. The van der Waals surface area contributed by atoms with E-state index in [0.717, 1.165) is 12.1 Å². The molecule has 1 N–H and O–H groups in total. The number of nitrogens with zero attached hydrogens (tertiary/aromatic N) is 3. The molecule has 21 heavy (non-hydrogen) atoms. The Morgan fingerprint density at radius 2 is 2.24 bits per heavy atom. The van der Waals surface area contributed by atoms with Crippen molar-refractivity contribution in [3.8, 4) is 11.5 Å². The molecule has 2 aromatic rings. The minimum atomic E-state index is 0.546. The van der Waals surface area contributed by atoms with Crippen LogP contribution >= 0.6 is 0 Å². The summed E-state index contributed by atoms with van der Waals surface area (Å²) in [6, 6.07) is 7.41. The fourth-order valence-corrected chi connectivity index (χ4v) is 2.90. The zero-order chi connectivity index (χ0) is 14.8. The average molecular weight is 286 g/mol. The molecule has 0 spiro atoms. The number of piperidine rings is 1. The molecule has 2 heterocycles. The van der Waals surface area contributed by atoms with Crippen molar-refractivity contribution in [3.05, 3.63) is 30.2 Å². The van der Waals surface area contributed by atoms with Gasteiger partial charge in [-0.05, 0) is 57.5 Å². The molecule has 3 rings (SSSR count). The largest absolute Gasteiger partial charge is 0.423 e. The number of benzene rings is 1. The number of rotatable bonds is 3. The van der Waals surface area contributed by atoms with E-state index in [9.17, 15) is 0 Å². The Bertz CT molecular complexity index is 596. The van der Waals surface area contributed by atoms with Gasteiger partial charge in [0.25, 0.3) is 0 Å². The van der Waals surface area contributed by atoms with Crippen molar-refractivity contribution in [2.75, 3.05) is 18.9 Å². The van der Waals surface area contributed by atoms with Gasteiger partial charge in [0.2, 0.25) is 12.3 Å². The Hall–Kier alpha value is -1.88. The Balaban J connectivity index is 1.72. The van der Waals surface area contributed by atoms with Crippen LogP contribution in [0.3, 0.4) is 0 Å². The number of aryl methyl sites for hydroxylation is 1. The predicted molar refractivity (Wildman–Crippen MR) is 83.2 cm³/mol. The number of hydrogen-bond acceptors (Lipinski definition) is 5. The molecule has 1 aliphatic heterocycles. The number of likely N-dealkylation sites (tertiary alicyclic amines) is 1. The number of aromatic nitrogens is 2. The molecule has 0 bridgehead atoms. The first-order valence-electron chi connectivity index (χ1n) is 7.47. The molecule has 5 nitrogen and oxygen atoms in total. The molecule has 1 saturated heterocycles. The van der Waals surface area contributed by atoms with Crippen LogP contribution in [-0.2, 0) is 0 Å². The molecule has 1 aromatic heterocycles. The monoisotopic (exact) mass is 286 g/mol. The summed E-state index contributed by atoms with van der Waals surface area (Å²) in [7, 11) is 2.20. The van der Waals surface area contributed by atoms with E-state index >= 15 is 0 Å². The highest BCUT2D eigenvalue weighted by Crippen LogP contribution is 2.26. The van der Waals surface area contributed by atoms with Crippen molar-refractivity contribution in [1.82, 2.24) is 15.1 Å². The summed E-state index contributed by atoms with van der Waals surface area (Å²) in [5, 5.41) is 11.4. The number of hydrogen-bond donors (Lipinski definition) is 1. The van der Waals surface area contributed by atoms with Gasteiger partial charge in [0.05, 0.1) is 0 Å². The predicted octanol–water partition coefficient (Wildman–Crippen LogP) is 2.94. The molecule has 0 amide bonds. The summed E-state index contributed by atoms with van der Waals surface area (Å²) in [6.07, 6.45) is 3.73. The van der Waals surface area contributed by atoms with Crippen molar-refractivity contribution in [2.24, 2.45) is 0 Å². The summed E-state index contributed by atoms with van der Waals surface area (Å²) in [5.74, 6) is 0.567. The highest BCUT2D eigenvalue weighted by molar-refractivity contribution is 5.62. The van der Waals surface area contributed by atoms with E-state index in [4.69, 9.17) is 4.42 Å². The van der Waals surface area contributed by atoms with Gasteiger partial charge < -0.3 is 14.6 Å². The quantitative estimate of drug-likeness (QED) is 0.940. The van der Waals surface area contributed by atoms with Gasteiger partial charge in [-0.15, -0.1) is 10.2 Å². The fraction of sp³-hybridized carbons (Fsp3) is 0.500. The van der Waals surface area contributed by atoms with E-state index in [0.29, 0.717) is 18.0 Å². The SMILES string of the molecule is Cc1cc(-c2nnco2)ccc1NC1CCN(C)C(C)C1. The number of nitrogens with one attached hydrogen (secondary N) is 1. The second kappa shape index (κ2) is 5.85. The van der Waals surface area contributed by atoms with E-state index in [1.165, 1.54) is 30.5 Å². The topological polar surface area (TPSA) is 54.2 Å². The lowest BCUT2D eigenvalue weighted by molar-refractivity contribution is 0.190. The standard InChI is InChI=1S/C16H22N4O/c1-11-8-13(16-19-17-10-21-16)4-5-15(11)18-14-6-7-20(3)12(2)9-14/h4-5,8,10,12,14,18H,6-7,9H2,1-3H3. The molecule has 2 atom stereocenters. The van der Waals surface area contributed by atoms with E-state index in [1.54, 1.807) is 0 Å². The highest BCUT2D eigenvalue weighted by Gasteiger charge is 2.22. The molecular formula is C16H22N4O. The zero-order valence-electron chi connectivity index (χ0n) is 12.8. The van der Waals surface area contributed by atoms with Gasteiger partial charge in [-0.3, -0.25) is 0 Å². The Morgan fingerprint density at radius 3 is 2.90 bits per heavy atom. The van der Waals surface area contributed by atoms with Gasteiger partial charge in [0, 0.05) is 29.9 Å². The van der Waals surface area contributed by atoms with Gasteiger partial charge in [0.1, 0.15) is 0 Å². The fourth-order valence-electron chi connectivity index (χ4n) is 2.90. The summed E-state index contributed by atoms with van der Waals surface area (Å²) in [4.78, 5) is 2.42. The van der Waals surface area contributed by atoms with Crippen molar-refractivity contribution >= 4 is 5.69 Å². The van der Waals surface area contributed by atoms with Crippen LogP contribution in [-0.4, -0.2) is 40.8 Å². The van der Waals surface area contributed by atoms with Crippen LogP contribution in [0.2, 0.25) is 0 Å². The molecule has 5 heteroatoms. The second-order valence-electron chi connectivity index (χ2n) is 5.97. The normalized spacial score (nSPS) is 23.2. The van der Waals surface area contributed by atoms with Crippen LogP contribution in [0.1, 0.15) is 25.3 Å². The van der Waals surface area contributed by atoms with Gasteiger partial charge in [-0.25, -0.2) is 0 Å². The summed E-state index contributed by atoms with van der Waals surface area (Å²) >= 11 is 0. The van der Waals surface area contributed by atoms with E-state index in [2.05, 4.69) is 53.4 Å². The van der Waals surface area contributed by atoms with Crippen molar-refractivity contribution < 1.29 is 4.42 Å². The third-order valence-corrected chi connectivity index (χ3v) is 4.40. The Morgan fingerprint density at radius 1 is 1.38 bits per heavy atom. The lowest BCUT2D eigenvalue weighted by atomic mass is 9.98. The van der Waals surface area contributed by atoms with E-state index in [1.807, 2.05) is 6.07 Å². The highest BCUT2D eigenvalue weighted by atomic mass is 16.4. The van der Waals surface area contributed by atoms with Crippen LogP contribution in [0.15, 0.2) is 29.0 Å². The van der Waals surface area contributed by atoms with Gasteiger partial charge >= 0.3 is 0 Å². The molecule has 1 aliphatic rings. The lowest BCUT2D eigenvalue weighted by Crippen LogP contribution is -2.42. The van der Waals surface area contributed by atoms with E-state index in [-0.39, 0.29) is 0 Å². The lowest BCUT2D eigenvalue weighted by Gasteiger charge is -2.36. The third kappa shape index (κ3) is 3.08. The molecule has 0 radical (unpaired) electrons. The Labute approximate surface area is 125 Å². The Kier molecular flexibility index (Phi) is 3.92. The molecule has 0 saturated carbocycles. The van der Waals surface area contributed by atoms with Crippen LogP contribution in [0.25, 0.3) is 11.5 Å². The number of anilines is 1. The minimum Gasteiger partial charge on any atom is -0.423 e. The maximum Gasteiger partial charge on any atom is 0.247 e. The molecule has 2 unspecified atom stereocenters. The maximum absolute atomic E-state index is 5.24. The smallest absolute Gasteiger partial charge is 0.247 e. The van der Waals surface area contributed by atoms with Crippen LogP contribution in [0, 0.1) is 6.92 Å². The first kappa shape index (κ1) is 14.1. The van der Waals surface area contributed by atoms with Crippen molar-refractivity contribution in [1.29, 1.82) is 0 Å². The summed E-state index contributed by atoms with van der Waals surface area (Å²) in [5.41, 5.74) is 3.37. The van der Waals surface area contributed by atoms with Gasteiger partial charge in [-0.1, -0.05) is 0 Å². The zero-order valence-corrected chi connectivity index (χ0v) is 12.8.